The van der Waals surface area contributed by atoms with E-state index in [4.69, 9.17) is 23.9 Å². The number of hydrogen-bond donors (Lipinski definition) is 3. The summed E-state index contributed by atoms with van der Waals surface area (Å²) in [6.07, 6.45) is 5.04. The van der Waals surface area contributed by atoms with Crippen LogP contribution in [0.25, 0.3) is 16.8 Å². The quantitative estimate of drug-likeness (QED) is 0.186. The van der Waals surface area contributed by atoms with Crippen LogP contribution in [0.4, 0.5) is 9.59 Å². The van der Waals surface area contributed by atoms with Gasteiger partial charge >= 0.3 is 12.2 Å². The number of aromatic nitrogens is 2. The maximum atomic E-state index is 13.7. The number of methoxy groups -OCH3 is 4. The first-order valence-corrected chi connectivity index (χ1v) is 19.9. The Kier molecular flexibility index (Phi) is 13.7. The number of alkyl carbamates (subject to hydrolysis) is 2. The Labute approximate surface area is 336 Å². The molecule has 1 aromatic heterocycles. The van der Waals surface area contributed by atoms with E-state index in [1.807, 2.05) is 29.3 Å². The minimum Gasteiger partial charge on any atom is -0.453 e. The lowest BCUT2D eigenvalue weighted by molar-refractivity contribution is -0.138. The van der Waals surface area contributed by atoms with E-state index >= 15 is 0 Å². The zero-order valence-corrected chi connectivity index (χ0v) is 34.0. The first-order chi connectivity index (χ1) is 27.5. The van der Waals surface area contributed by atoms with E-state index in [2.05, 4.69) is 50.9 Å². The Morgan fingerprint density at radius 2 is 1.39 bits per heavy atom. The highest BCUT2D eigenvalue weighted by atomic mass is 32.2. The van der Waals surface area contributed by atoms with Crippen molar-refractivity contribution in [3.8, 4) is 11.3 Å². The minimum atomic E-state index is -0.896. The maximum Gasteiger partial charge on any atom is 0.407 e. The van der Waals surface area contributed by atoms with Crippen molar-refractivity contribution in [1.29, 1.82) is 0 Å². The second-order valence-corrected chi connectivity index (χ2v) is 15.4. The number of allylic oxidation sites excluding steroid dienone is 1. The van der Waals surface area contributed by atoms with E-state index in [1.54, 1.807) is 36.7 Å². The molecule has 3 aliphatic rings. The summed E-state index contributed by atoms with van der Waals surface area (Å²) in [7, 11) is 5.53. The van der Waals surface area contributed by atoms with Gasteiger partial charge < -0.3 is 44.4 Å². The van der Waals surface area contributed by atoms with Crippen molar-refractivity contribution < 1.29 is 38.1 Å². The molecule has 6 rings (SSSR count). The smallest absolute Gasteiger partial charge is 0.407 e. The van der Waals surface area contributed by atoms with Gasteiger partial charge in [-0.1, -0.05) is 36.0 Å². The Morgan fingerprint density at radius 3 is 1.98 bits per heavy atom. The van der Waals surface area contributed by atoms with Gasteiger partial charge in [-0.3, -0.25) is 14.6 Å². The van der Waals surface area contributed by atoms with Gasteiger partial charge in [0.2, 0.25) is 11.8 Å². The van der Waals surface area contributed by atoms with Gasteiger partial charge in [-0.25, -0.2) is 14.6 Å². The van der Waals surface area contributed by atoms with Crippen LogP contribution in [0.2, 0.25) is 0 Å². The number of imidazole rings is 1. The molecule has 0 radical (unpaired) electrons. The molecule has 3 aliphatic heterocycles. The van der Waals surface area contributed by atoms with E-state index in [9.17, 15) is 19.2 Å². The number of rotatable bonds is 14. The number of aliphatic imine (C=N–C) groups is 1. The van der Waals surface area contributed by atoms with Crippen molar-refractivity contribution in [2.24, 2.45) is 4.99 Å². The highest BCUT2D eigenvalue weighted by molar-refractivity contribution is 7.99. The molecule has 4 amide bonds. The largest absolute Gasteiger partial charge is 0.453 e. The van der Waals surface area contributed by atoms with Crippen molar-refractivity contribution in [3.05, 3.63) is 72.3 Å². The third-order valence-electron chi connectivity index (χ3n) is 10.9. The predicted molar refractivity (Wildman–Crippen MR) is 215 cm³/mol. The zero-order valence-electron chi connectivity index (χ0n) is 33.2. The molecule has 4 heterocycles. The van der Waals surface area contributed by atoms with E-state index < -0.39 is 36.5 Å². The van der Waals surface area contributed by atoms with Crippen LogP contribution in [0.15, 0.2) is 75.7 Å². The number of carbonyl (C=O) groups excluding carboxylic acids is 4. The van der Waals surface area contributed by atoms with E-state index in [-0.39, 0.29) is 23.9 Å². The average molecular weight is 802 g/mol. The minimum absolute atomic E-state index is 0.161. The third kappa shape index (κ3) is 9.51. The Morgan fingerprint density at radius 1 is 0.789 bits per heavy atom. The predicted octanol–water partition coefficient (Wildman–Crippen LogP) is 5.59. The molecule has 1 unspecified atom stereocenters. The summed E-state index contributed by atoms with van der Waals surface area (Å²) in [4.78, 5) is 69.9. The number of hydrogen-bond acceptors (Lipinski definition) is 11. The molecule has 2 aromatic carbocycles. The zero-order chi connectivity index (χ0) is 40.6. The lowest BCUT2D eigenvalue weighted by atomic mass is 9.98. The average Bonchev–Trinajstić information content (AvgIpc) is 4.08. The van der Waals surface area contributed by atoms with Crippen LogP contribution >= 0.6 is 11.8 Å². The molecule has 15 nitrogen and oxygen atoms in total. The van der Waals surface area contributed by atoms with Crippen LogP contribution in [0.3, 0.4) is 0 Å². The number of likely N-dealkylation sites (tertiary alicyclic amines) is 2. The van der Waals surface area contributed by atoms with Crippen molar-refractivity contribution >= 4 is 47.0 Å². The molecule has 2 fully saturated rings. The molecule has 16 heteroatoms. The standard InChI is InChI=1S/C41H51N7O8S/c1-24(53-3)35(45-40(51)55-5)38(49)47-18-8-12-33(47)31-21-28(22-42-31)27-10-7-11-30(20-27)57-29-16-14-26(15-17-29)32-23-43-37(44-32)34-13-9-19-48(34)39(50)36(25(2)54-4)46-41(52)56-6/h7,10-11,14-17,20,22-25,33-36H,8-9,12-13,18-19,21H2,1-6H3,(H,43,44)(H,45,51)(H,46,52)/t24-,25-,33?,34+,35+,36+/m1/s1. The third-order valence-corrected chi connectivity index (χ3v) is 11.9. The number of carbonyl (C=O) groups is 4. The molecule has 2 saturated heterocycles. The highest BCUT2D eigenvalue weighted by Crippen LogP contribution is 2.36. The fourth-order valence-corrected chi connectivity index (χ4v) is 8.41. The van der Waals surface area contributed by atoms with Gasteiger partial charge in [0.1, 0.15) is 17.9 Å². The Hall–Kier alpha value is -5.19. The number of ether oxygens (including phenoxy) is 4. The summed E-state index contributed by atoms with van der Waals surface area (Å²) < 4.78 is 20.3. The van der Waals surface area contributed by atoms with E-state index in [0.29, 0.717) is 25.3 Å². The van der Waals surface area contributed by atoms with Crippen molar-refractivity contribution in [2.75, 3.05) is 41.5 Å². The van der Waals surface area contributed by atoms with Gasteiger partial charge in [0.25, 0.3) is 0 Å². The molecule has 57 heavy (non-hydrogen) atoms. The fraction of sp³-hybridized carbons (Fsp3) is 0.463. The maximum absolute atomic E-state index is 13.7. The van der Waals surface area contributed by atoms with Crippen LogP contribution in [-0.2, 0) is 28.5 Å². The molecule has 0 spiro atoms. The van der Waals surface area contributed by atoms with Gasteiger partial charge in [0.05, 0.1) is 50.4 Å². The molecule has 6 atom stereocenters. The van der Waals surface area contributed by atoms with Crippen molar-refractivity contribution in [2.45, 2.75) is 92.1 Å². The Bertz CT molecular complexity index is 1980. The van der Waals surface area contributed by atoms with Crippen LogP contribution < -0.4 is 10.6 Å². The normalized spacial score (nSPS) is 20.0. The first kappa shape index (κ1) is 41.4. The first-order valence-electron chi connectivity index (χ1n) is 19.1. The second-order valence-electron chi connectivity index (χ2n) is 14.3. The number of nitrogens with zero attached hydrogens (tertiary/aromatic N) is 4. The van der Waals surface area contributed by atoms with Crippen LogP contribution in [0.5, 0.6) is 0 Å². The molecular weight excluding hydrogens is 751 g/mol. The highest BCUT2D eigenvalue weighted by Gasteiger charge is 2.40. The molecule has 0 bridgehead atoms. The number of nitrogens with one attached hydrogen (secondary N) is 3. The summed E-state index contributed by atoms with van der Waals surface area (Å²) in [5.74, 6) is 0.229. The molecule has 304 valence electrons. The van der Waals surface area contributed by atoms with Gasteiger partial charge in [-0.2, -0.15) is 0 Å². The summed E-state index contributed by atoms with van der Waals surface area (Å²) in [5.41, 5.74) is 4.88. The van der Waals surface area contributed by atoms with Crippen molar-refractivity contribution in [3.63, 3.8) is 0 Å². The number of H-pyrrole nitrogens is 1. The van der Waals surface area contributed by atoms with Crippen LogP contribution in [0, 0.1) is 0 Å². The topological polar surface area (TPSA) is 177 Å². The Balaban J connectivity index is 1.07. The lowest BCUT2D eigenvalue weighted by Crippen LogP contribution is -2.56. The van der Waals surface area contributed by atoms with Crippen molar-refractivity contribution in [1.82, 2.24) is 30.4 Å². The number of benzene rings is 2. The molecular formula is C41H51N7O8S. The van der Waals surface area contributed by atoms with E-state index in [0.717, 1.165) is 63.6 Å². The fourth-order valence-electron chi connectivity index (χ4n) is 7.53. The summed E-state index contributed by atoms with van der Waals surface area (Å²) >= 11 is 1.66. The number of aromatic amines is 1. The molecule has 3 N–H and O–H groups in total. The monoisotopic (exact) mass is 801 g/mol. The summed E-state index contributed by atoms with van der Waals surface area (Å²) in [5, 5.41) is 5.26. The lowest BCUT2D eigenvalue weighted by Gasteiger charge is -2.31. The van der Waals surface area contributed by atoms with Gasteiger partial charge in [0, 0.05) is 55.4 Å². The summed E-state index contributed by atoms with van der Waals surface area (Å²) in [6, 6.07) is 14.4. The van der Waals surface area contributed by atoms with Gasteiger partial charge in [0.15, 0.2) is 0 Å². The number of amides is 4. The SMILES string of the molecule is COC(=O)N[C@H](C(=O)N1CCCC1C1=NC=C(c2cccc(Sc3ccc(-c4cnc([C@@H]5CCCN5C(=O)[C@@H](NC(=O)OC)[C@@H](C)OC)[nH]4)cc3)c2)C1)[C@@H](C)OC. The van der Waals surface area contributed by atoms with Gasteiger partial charge in [-0.15, -0.1) is 0 Å². The molecule has 0 saturated carbocycles. The second kappa shape index (κ2) is 18.8. The van der Waals surface area contributed by atoms with Gasteiger partial charge in [-0.05, 0) is 80.5 Å². The molecule has 3 aromatic rings. The van der Waals surface area contributed by atoms with E-state index in [1.165, 1.54) is 28.4 Å². The van der Waals surface area contributed by atoms with Crippen LogP contribution in [-0.4, -0.2) is 121 Å². The molecule has 0 aliphatic carbocycles. The summed E-state index contributed by atoms with van der Waals surface area (Å²) in [6.45, 7) is 4.60. The van der Waals surface area contributed by atoms with Crippen LogP contribution in [0.1, 0.15) is 63.4 Å².